The monoisotopic (exact) mass is 372 g/mol. The first-order valence-electron chi connectivity index (χ1n) is 9.15. The molecule has 2 unspecified atom stereocenters. The van der Waals surface area contributed by atoms with Gasteiger partial charge >= 0.3 is 6.09 Å². The van der Waals surface area contributed by atoms with E-state index in [0.717, 1.165) is 18.7 Å². The summed E-state index contributed by atoms with van der Waals surface area (Å²) < 4.78 is 25.2. The third-order valence-corrected chi connectivity index (χ3v) is 4.66. The molecular formula is C21H25FN2O3. The van der Waals surface area contributed by atoms with E-state index in [1.807, 2.05) is 44.2 Å². The molecule has 1 aliphatic heterocycles. The molecule has 0 radical (unpaired) electrons. The largest absolute Gasteiger partial charge is 0.489 e. The van der Waals surface area contributed by atoms with Crippen molar-refractivity contribution in [3.8, 4) is 5.75 Å². The second-order valence-corrected chi connectivity index (χ2v) is 6.85. The number of carbonyl (C=O) groups is 1. The van der Waals surface area contributed by atoms with Gasteiger partial charge in [0.1, 0.15) is 24.8 Å². The summed E-state index contributed by atoms with van der Waals surface area (Å²) in [5.41, 5.74) is 1.32. The molecular weight excluding hydrogens is 347 g/mol. The molecule has 0 aromatic heterocycles. The number of rotatable bonds is 5. The second-order valence-electron chi connectivity index (χ2n) is 6.85. The van der Waals surface area contributed by atoms with Gasteiger partial charge in [-0.3, -0.25) is 0 Å². The molecule has 0 bridgehead atoms. The first kappa shape index (κ1) is 19.2. The second kappa shape index (κ2) is 8.86. The van der Waals surface area contributed by atoms with Gasteiger partial charge in [-0.05, 0) is 37.6 Å². The molecule has 2 atom stereocenters. The van der Waals surface area contributed by atoms with Crippen LogP contribution in [0.2, 0.25) is 0 Å². The molecule has 3 rings (SSSR count). The highest BCUT2D eigenvalue weighted by Gasteiger charge is 2.30. The predicted molar refractivity (Wildman–Crippen MR) is 101 cm³/mol. The van der Waals surface area contributed by atoms with Crippen LogP contribution in [-0.4, -0.2) is 36.2 Å². The van der Waals surface area contributed by atoms with Gasteiger partial charge in [0.25, 0.3) is 0 Å². The summed E-state index contributed by atoms with van der Waals surface area (Å²) >= 11 is 0. The van der Waals surface area contributed by atoms with Crippen LogP contribution < -0.4 is 10.1 Å². The van der Waals surface area contributed by atoms with Crippen molar-refractivity contribution in [2.24, 2.45) is 0 Å². The van der Waals surface area contributed by atoms with Gasteiger partial charge in [0, 0.05) is 30.7 Å². The van der Waals surface area contributed by atoms with Crippen molar-refractivity contribution in [2.45, 2.75) is 39.1 Å². The molecule has 0 spiro atoms. The number of piperazine rings is 1. The Balaban J connectivity index is 1.60. The standard InChI is InChI=1S/C21H25FN2O3/c1-15-11-23-12-16(2)24(15)21(25)27-14-18-10-19(8-9-20(18)22)26-13-17-6-4-3-5-7-17/h3-10,15-16,23H,11-14H2,1-2H3. The molecule has 1 saturated heterocycles. The summed E-state index contributed by atoms with van der Waals surface area (Å²) in [6.45, 7) is 5.62. The lowest BCUT2D eigenvalue weighted by molar-refractivity contribution is 0.0557. The van der Waals surface area contributed by atoms with E-state index in [2.05, 4.69) is 5.32 Å². The molecule has 1 N–H and O–H groups in total. The first-order chi connectivity index (χ1) is 13.0. The maximum absolute atomic E-state index is 14.1. The topological polar surface area (TPSA) is 50.8 Å². The van der Waals surface area contributed by atoms with Crippen molar-refractivity contribution in [2.75, 3.05) is 13.1 Å². The molecule has 1 aliphatic rings. The van der Waals surface area contributed by atoms with Gasteiger partial charge < -0.3 is 19.7 Å². The quantitative estimate of drug-likeness (QED) is 0.869. The number of amides is 1. The average molecular weight is 372 g/mol. The van der Waals surface area contributed by atoms with Crippen LogP contribution in [0.15, 0.2) is 48.5 Å². The van der Waals surface area contributed by atoms with Gasteiger partial charge in [-0.1, -0.05) is 30.3 Å². The lowest BCUT2D eigenvalue weighted by atomic mass is 10.1. The Hall–Kier alpha value is -2.60. The Morgan fingerprint density at radius 1 is 1.11 bits per heavy atom. The lowest BCUT2D eigenvalue weighted by Crippen LogP contribution is -2.57. The fourth-order valence-electron chi connectivity index (χ4n) is 3.20. The van der Waals surface area contributed by atoms with E-state index in [9.17, 15) is 9.18 Å². The van der Waals surface area contributed by atoms with E-state index in [4.69, 9.17) is 9.47 Å². The van der Waals surface area contributed by atoms with Gasteiger partial charge in [0.05, 0.1) is 0 Å². The molecule has 2 aromatic rings. The number of nitrogens with zero attached hydrogens (tertiary/aromatic N) is 1. The fraction of sp³-hybridized carbons (Fsp3) is 0.381. The minimum atomic E-state index is -0.425. The minimum absolute atomic E-state index is 0.0339. The molecule has 6 heteroatoms. The smallest absolute Gasteiger partial charge is 0.410 e. The van der Waals surface area contributed by atoms with Crippen molar-refractivity contribution >= 4 is 6.09 Å². The number of benzene rings is 2. The molecule has 27 heavy (non-hydrogen) atoms. The third kappa shape index (κ3) is 4.98. The summed E-state index contributed by atoms with van der Waals surface area (Å²) in [4.78, 5) is 14.1. The van der Waals surface area contributed by atoms with Gasteiger partial charge in [-0.15, -0.1) is 0 Å². The van der Waals surface area contributed by atoms with E-state index in [-0.39, 0.29) is 18.7 Å². The van der Waals surface area contributed by atoms with Crippen molar-refractivity contribution < 1.29 is 18.7 Å². The molecule has 0 aliphatic carbocycles. The van der Waals surface area contributed by atoms with Gasteiger partial charge in [-0.2, -0.15) is 0 Å². The fourth-order valence-corrected chi connectivity index (χ4v) is 3.20. The maximum Gasteiger partial charge on any atom is 0.410 e. The SMILES string of the molecule is CC1CNCC(C)N1C(=O)OCc1cc(OCc2ccccc2)ccc1F. The third-order valence-electron chi connectivity index (χ3n) is 4.66. The molecule has 1 fully saturated rings. The number of halogens is 1. The maximum atomic E-state index is 14.1. The minimum Gasteiger partial charge on any atom is -0.489 e. The van der Waals surface area contributed by atoms with E-state index in [1.54, 1.807) is 17.0 Å². The number of hydrogen-bond acceptors (Lipinski definition) is 4. The van der Waals surface area contributed by atoms with Crippen LogP contribution >= 0.6 is 0 Å². The normalized spacial score (nSPS) is 19.6. The first-order valence-corrected chi connectivity index (χ1v) is 9.15. The zero-order chi connectivity index (χ0) is 19.2. The summed E-state index contributed by atoms with van der Waals surface area (Å²) in [6, 6.07) is 14.3. The van der Waals surface area contributed by atoms with E-state index >= 15 is 0 Å². The molecule has 1 amide bonds. The summed E-state index contributed by atoms with van der Waals surface area (Å²) in [5.74, 6) is 0.117. The molecule has 2 aromatic carbocycles. The zero-order valence-electron chi connectivity index (χ0n) is 15.7. The van der Waals surface area contributed by atoms with Crippen molar-refractivity contribution in [1.82, 2.24) is 10.2 Å². The lowest BCUT2D eigenvalue weighted by Gasteiger charge is -2.38. The summed E-state index contributed by atoms with van der Waals surface area (Å²) in [5, 5.41) is 3.26. The Morgan fingerprint density at radius 2 is 1.81 bits per heavy atom. The molecule has 0 saturated carbocycles. The van der Waals surface area contributed by atoms with Crippen LogP contribution in [0, 0.1) is 5.82 Å². The number of nitrogens with one attached hydrogen (secondary N) is 1. The highest BCUT2D eigenvalue weighted by Crippen LogP contribution is 2.20. The predicted octanol–water partition coefficient (Wildman–Crippen LogP) is 3.72. The van der Waals surface area contributed by atoms with Crippen LogP contribution in [0.1, 0.15) is 25.0 Å². The summed E-state index contributed by atoms with van der Waals surface area (Å²) in [7, 11) is 0. The Kier molecular flexibility index (Phi) is 6.29. The Morgan fingerprint density at radius 3 is 2.52 bits per heavy atom. The van der Waals surface area contributed by atoms with E-state index < -0.39 is 11.9 Å². The summed E-state index contributed by atoms with van der Waals surface area (Å²) in [6.07, 6.45) is -0.425. The zero-order valence-corrected chi connectivity index (χ0v) is 15.7. The molecule has 1 heterocycles. The van der Waals surface area contributed by atoms with Crippen molar-refractivity contribution in [3.05, 3.63) is 65.5 Å². The van der Waals surface area contributed by atoms with Crippen LogP contribution in [0.3, 0.4) is 0 Å². The molecule has 5 nitrogen and oxygen atoms in total. The van der Waals surface area contributed by atoms with Gasteiger partial charge in [0.15, 0.2) is 0 Å². The van der Waals surface area contributed by atoms with Gasteiger partial charge in [0.2, 0.25) is 0 Å². The van der Waals surface area contributed by atoms with Crippen molar-refractivity contribution in [3.63, 3.8) is 0 Å². The average Bonchev–Trinajstić information content (AvgIpc) is 2.67. The van der Waals surface area contributed by atoms with Crippen molar-refractivity contribution in [1.29, 1.82) is 0 Å². The highest BCUT2D eigenvalue weighted by atomic mass is 19.1. The van der Waals surface area contributed by atoms with Crippen LogP contribution in [-0.2, 0) is 18.0 Å². The van der Waals surface area contributed by atoms with E-state index in [0.29, 0.717) is 17.9 Å². The van der Waals surface area contributed by atoms with Crippen LogP contribution in [0.25, 0.3) is 0 Å². The van der Waals surface area contributed by atoms with Gasteiger partial charge in [-0.25, -0.2) is 9.18 Å². The van der Waals surface area contributed by atoms with Crippen LogP contribution in [0.5, 0.6) is 5.75 Å². The number of ether oxygens (including phenoxy) is 2. The molecule has 144 valence electrons. The van der Waals surface area contributed by atoms with E-state index in [1.165, 1.54) is 6.07 Å². The highest BCUT2D eigenvalue weighted by molar-refractivity contribution is 5.68. The number of carbonyl (C=O) groups excluding carboxylic acids is 1. The Labute approximate surface area is 159 Å². The van der Waals surface area contributed by atoms with Crippen LogP contribution in [0.4, 0.5) is 9.18 Å². The Bertz CT molecular complexity index is 759. The number of hydrogen-bond donors (Lipinski definition) is 1.